The zero-order chi connectivity index (χ0) is 26.8. The van der Waals surface area contributed by atoms with E-state index in [1.165, 1.54) is 11.8 Å². The summed E-state index contributed by atoms with van der Waals surface area (Å²) in [5.74, 6) is -0.717. The van der Waals surface area contributed by atoms with Crippen LogP contribution >= 0.6 is 0 Å². The minimum Gasteiger partial charge on any atom is -0.480 e. The first-order valence-electron chi connectivity index (χ1n) is 12.0. The summed E-state index contributed by atoms with van der Waals surface area (Å²) in [6, 6.07) is 14.1. The molecule has 3 heterocycles. The monoisotopic (exact) mass is 517 g/mol. The summed E-state index contributed by atoms with van der Waals surface area (Å²) in [5.41, 5.74) is 9.13. The Kier molecular flexibility index (Phi) is 6.93. The van der Waals surface area contributed by atoms with Crippen molar-refractivity contribution in [1.29, 1.82) is 0 Å². The molecule has 196 valence electrons. The minimum absolute atomic E-state index is 0.0139. The van der Waals surface area contributed by atoms with Crippen LogP contribution in [0.4, 0.5) is 5.95 Å². The maximum Gasteiger partial charge on any atom is 0.338 e. The maximum absolute atomic E-state index is 12.9. The maximum atomic E-state index is 12.9. The molecule has 0 saturated carbocycles. The van der Waals surface area contributed by atoms with Gasteiger partial charge in [-0.05, 0) is 38.1 Å². The number of hydrogen-bond acceptors (Lipinski definition) is 10. The number of methoxy groups -OCH3 is 1. The third kappa shape index (κ3) is 5.14. The number of benzene rings is 2. The van der Waals surface area contributed by atoms with Crippen LogP contribution in [0.25, 0.3) is 11.0 Å². The van der Waals surface area contributed by atoms with Gasteiger partial charge in [0.15, 0.2) is 11.9 Å². The van der Waals surface area contributed by atoms with Crippen molar-refractivity contribution in [3.05, 3.63) is 77.0 Å². The van der Waals surface area contributed by atoms with Gasteiger partial charge in [0.1, 0.15) is 24.2 Å². The Morgan fingerprint density at radius 3 is 2.26 bits per heavy atom. The molecule has 2 aromatic carbocycles. The first-order valence-corrected chi connectivity index (χ1v) is 12.0. The van der Waals surface area contributed by atoms with Gasteiger partial charge in [-0.25, -0.2) is 14.3 Å². The summed E-state index contributed by atoms with van der Waals surface area (Å²) in [5, 5.41) is 4.95. The number of rotatable bonds is 7. The Labute approximate surface area is 218 Å². The second-order valence-electron chi connectivity index (χ2n) is 9.06. The number of carbonyl (C=O) groups is 2. The van der Waals surface area contributed by atoms with Gasteiger partial charge in [-0.15, -0.1) is 0 Å². The molecular formula is C27H27N5O6. The number of aromatic nitrogens is 4. The molecule has 38 heavy (non-hydrogen) atoms. The lowest BCUT2D eigenvalue weighted by molar-refractivity contribution is -0.0590. The molecule has 11 heteroatoms. The fraction of sp³-hybridized carbons (Fsp3) is 0.296. The van der Waals surface area contributed by atoms with Crippen LogP contribution in [0.2, 0.25) is 0 Å². The van der Waals surface area contributed by atoms with Crippen LogP contribution in [-0.4, -0.2) is 57.6 Å². The molecule has 1 saturated heterocycles. The molecule has 1 aliphatic rings. The van der Waals surface area contributed by atoms with Crippen LogP contribution in [-0.2, 0) is 14.2 Å². The van der Waals surface area contributed by atoms with E-state index in [1.54, 1.807) is 30.5 Å². The normalized spacial score (nSPS) is 18.9. The average molecular weight is 518 g/mol. The molecule has 2 N–H and O–H groups in total. The summed E-state index contributed by atoms with van der Waals surface area (Å²) in [6.45, 7) is 3.74. The minimum atomic E-state index is -0.746. The Morgan fingerprint density at radius 2 is 1.63 bits per heavy atom. The summed E-state index contributed by atoms with van der Waals surface area (Å²) in [4.78, 5) is 33.9. The molecule has 11 nitrogen and oxygen atoms in total. The highest BCUT2D eigenvalue weighted by atomic mass is 16.6. The van der Waals surface area contributed by atoms with E-state index in [2.05, 4.69) is 15.1 Å². The van der Waals surface area contributed by atoms with Crippen LogP contribution in [0, 0.1) is 13.8 Å². The van der Waals surface area contributed by atoms with E-state index in [1.807, 2.05) is 38.1 Å². The second kappa shape index (κ2) is 10.5. The Balaban J connectivity index is 1.38. The highest BCUT2D eigenvalue weighted by Gasteiger charge is 2.41. The van der Waals surface area contributed by atoms with Crippen molar-refractivity contribution in [3.8, 4) is 5.88 Å². The lowest BCUT2D eigenvalue weighted by atomic mass is 10.1. The molecule has 0 radical (unpaired) electrons. The summed E-state index contributed by atoms with van der Waals surface area (Å²) >= 11 is 0. The molecule has 0 aliphatic carbocycles. The predicted molar refractivity (Wildman–Crippen MR) is 137 cm³/mol. The van der Waals surface area contributed by atoms with E-state index in [-0.39, 0.29) is 24.9 Å². The summed E-state index contributed by atoms with van der Waals surface area (Å²) in [7, 11) is 1.48. The third-order valence-electron chi connectivity index (χ3n) is 6.29. The van der Waals surface area contributed by atoms with Gasteiger partial charge >= 0.3 is 11.9 Å². The second-order valence-corrected chi connectivity index (χ2v) is 9.06. The Bertz CT molecular complexity index is 1470. The first kappa shape index (κ1) is 25.2. The van der Waals surface area contributed by atoms with E-state index in [0.29, 0.717) is 22.2 Å². The van der Waals surface area contributed by atoms with E-state index in [0.717, 1.165) is 11.1 Å². The number of aryl methyl sites for hydroxylation is 2. The summed E-state index contributed by atoms with van der Waals surface area (Å²) in [6.07, 6.45) is -0.350. The van der Waals surface area contributed by atoms with E-state index in [9.17, 15) is 9.59 Å². The van der Waals surface area contributed by atoms with Gasteiger partial charge in [-0.2, -0.15) is 15.1 Å². The molecular weight excluding hydrogens is 490 g/mol. The lowest BCUT2D eigenvalue weighted by Gasteiger charge is -2.19. The molecule has 0 amide bonds. The van der Waals surface area contributed by atoms with Crippen LogP contribution in [0.3, 0.4) is 0 Å². The average Bonchev–Trinajstić information content (AvgIpc) is 3.51. The SMILES string of the molecule is COc1nc(N)nc2c1cnn2[C@@H]1C[C@H](OC(=O)c2ccc(C)cc2)[C@@H](COC(=O)c2ccc(C)cc2)O1. The quantitative estimate of drug-likeness (QED) is 0.363. The third-order valence-corrected chi connectivity index (χ3v) is 6.29. The largest absolute Gasteiger partial charge is 0.480 e. The highest BCUT2D eigenvalue weighted by Crippen LogP contribution is 2.34. The van der Waals surface area contributed by atoms with E-state index in [4.69, 9.17) is 24.7 Å². The molecule has 1 fully saturated rings. The van der Waals surface area contributed by atoms with Crippen molar-refractivity contribution in [3.63, 3.8) is 0 Å². The Morgan fingerprint density at radius 1 is 1.00 bits per heavy atom. The van der Waals surface area contributed by atoms with Crippen molar-refractivity contribution in [1.82, 2.24) is 19.7 Å². The molecule has 0 unspecified atom stereocenters. The fourth-order valence-corrected chi connectivity index (χ4v) is 4.23. The van der Waals surface area contributed by atoms with E-state index >= 15 is 0 Å². The number of carbonyl (C=O) groups excluding carboxylic acids is 2. The van der Waals surface area contributed by atoms with Crippen LogP contribution in [0.5, 0.6) is 5.88 Å². The first-order chi connectivity index (χ1) is 18.3. The number of nitrogens with zero attached hydrogens (tertiary/aromatic N) is 4. The van der Waals surface area contributed by atoms with Gasteiger partial charge in [0, 0.05) is 6.42 Å². The van der Waals surface area contributed by atoms with Crippen molar-refractivity contribution in [2.24, 2.45) is 0 Å². The van der Waals surface area contributed by atoms with Gasteiger partial charge in [-0.3, -0.25) is 0 Å². The topological polar surface area (TPSA) is 141 Å². The van der Waals surface area contributed by atoms with Crippen LogP contribution < -0.4 is 10.5 Å². The van der Waals surface area contributed by atoms with Crippen molar-refractivity contribution < 1.29 is 28.5 Å². The predicted octanol–water partition coefficient (Wildman–Crippen LogP) is 3.40. The Hall–Kier alpha value is -4.51. The van der Waals surface area contributed by atoms with Gasteiger partial charge in [-0.1, -0.05) is 35.4 Å². The number of nitrogen functional groups attached to an aromatic ring is 1. The molecule has 5 rings (SSSR count). The molecule has 4 aromatic rings. The zero-order valence-corrected chi connectivity index (χ0v) is 21.2. The van der Waals surface area contributed by atoms with Crippen molar-refractivity contribution in [2.75, 3.05) is 19.5 Å². The fourth-order valence-electron chi connectivity index (χ4n) is 4.23. The standard InChI is InChI=1S/C27H27N5O6/c1-15-4-8-17(9-5-15)25(33)36-14-21-20(38-26(34)18-10-6-16(2)7-11-18)12-22(37-21)32-23-19(13-29-32)24(35-3)31-27(28)30-23/h4-11,13,20-22H,12,14H2,1-3H3,(H2,28,30,31)/t20-,21+,22-/m0/s1. The number of ether oxygens (including phenoxy) is 4. The number of fused-ring (bicyclic) bond motifs is 1. The molecule has 3 atom stereocenters. The highest BCUT2D eigenvalue weighted by molar-refractivity contribution is 5.90. The number of nitrogens with two attached hydrogens (primary N) is 1. The van der Waals surface area contributed by atoms with Crippen molar-refractivity contribution >= 4 is 28.9 Å². The van der Waals surface area contributed by atoms with Gasteiger partial charge in [0.05, 0.1) is 24.4 Å². The van der Waals surface area contributed by atoms with Crippen LogP contribution in [0.1, 0.15) is 44.5 Å². The van der Waals surface area contributed by atoms with Gasteiger partial charge < -0.3 is 24.7 Å². The van der Waals surface area contributed by atoms with E-state index < -0.39 is 30.4 Å². The molecule has 1 aliphatic heterocycles. The molecule has 0 bridgehead atoms. The smallest absolute Gasteiger partial charge is 0.338 e. The molecule has 0 spiro atoms. The molecule has 2 aromatic heterocycles. The van der Waals surface area contributed by atoms with Gasteiger partial charge in [0.2, 0.25) is 11.8 Å². The lowest BCUT2D eigenvalue weighted by Crippen LogP contribution is -2.32. The number of esters is 2. The van der Waals surface area contributed by atoms with Gasteiger partial charge in [0.25, 0.3) is 0 Å². The zero-order valence-electron chi connectivity index (χ0n) is 21.2. The van der Waals surface area contributed by atoms with Crippen LogP contribution in [0.15, 0.2) is 54.7 Å². The number of anilines is 1. The summed E-state index contributed by atoms with van der Waals surface area (Å²) < 4.78 is 24.4. The number of hydrogen-bond donors (Lipinski definition) is 1. The van der Waals surface area contributed by atoms with Crippen molar-refractivity contribution in [2.45, 2.75) is 38.7 Å².